The summed E-state index contributed by atoms with van der Waals surface area (Å²) in [6.07, 6.45) is 2.10. The molecule has 4 heteroatoms. The van der Waals surface area contributed by atoms with Crippen molar-refractivity contribution >= 4 is 11.7 Å². The van der Waals surface area contributed by atoms with Gasteiger partial charge in [0.25, 0.3) is 0 Å². The number of urea groups is 1. The first-order chi connectivity index (χ1) is 7.25. The number of nitrogens with zero attached hydrogens (tertiary/aromatic N) is 1. The number of hydrogen-bond donors (Lipinski definition) is 1. The Balaban J connectivity index is 1.99. The molecule has 0 unspecified atom stereocenters. The minimum absolute atomic E-state index is 0.141. The molecule has 1 aromatic carbocycles. The van der Waals surface area contributed by atoms with Crippen molar-refractivity contribution in [3.05, 3.63) is 30.1 Å². The molecule has 2 amide bonds. The molecule has 1 aliphatic rings. The van der Waals surface area contributed by atoms with Gasteiger partial charge in [0.05, 0.1) is 0 Å². The molecule has 1 aliphatic heterocycles. The van der Waals surface area contributed by atoms with E-state index in [9.17, 15) is 9.18 Å². The van der Waals surface area contributed by atoms with Gasteiger partial charge in [-0.3, -0.25) is 0 Å². The lowest BCUT2D eigenvalue weighted by Crippen LogP contribution is -2.32. The molecule has 1 fully saturated rings. The summed E-state index contributed by atoms with van der Waals surface area (Å²) in [5.41, 5.74) is 0.506. The van der Waals surface area contributed by atoms with Crippen molar-refractivity contribution in [2.24, 2.45) is 0 Å². The van der Waals surface area contributed by atoms with E-state index in [1.807, 2.05) is 0 Å². The number of likely N-dealkylation sites (tertiary alicyclic amines) is 1. The molecular weight excluding hydrogens is 195 g/mol. The lowest BCUT2D eigenvalue weighted by atomic mass is 10.3. The van der Waals surface area contributed by atoms with E-state index in [0.717, 1.165) is 25.9 Å². The van der Waals surface area contributed by atoms with Gasteiger partial charge in [-0.25, -0.2) is 9.18 Å². The van der Waals surface area contributed by atoms with E-state index in [4.69, 9.17) is 0 Å². The summed E-state index contributed by atoms with van der Waals surface area (Å²) in [6.45, 7) is 1.59. The van der Waals surface area contributed by atoms with Crippen molar-refractivity contribution in [1.29, 1.82) is 0 Å². The molecule has 0 aromatic heterocycles. The summed E-state index contributed by atoms with van der Waals surface area (Å²) in [4.78, 5) is 13.4. The average molecular weight is 208 g/mol. The molecule has 1 N–H and O–H groups in total. The van der Waals surface area contributed by atoms with Gasteiger partial charge in [-0.1, -0.05) is 6.07 Å². The maximum atomic E-state index is 12.8. The monoisotopic (exact) mass is 208 g/mol. The highest BCUT2D eigenvalue weighted by atomic mass is 19.1. The van der Waals surface area contributed by atoms with Crippen LogP contribution in [-0.4, -0.2) is 24.0 Å². The van der Waals surface area contributed by atoms with Crippen LogP contribution in [0.1, 0.15) is 12.8 Å². The minimum Gasteiger partial charge on any atom is -0.325 e. The summed E-state index contributed by atoms with van der Waals surface area (Å²) < 4.78 is 12.8. The number of carbonyl (C=O) groups is 1. The molecule has 0 bridgehead atoms. The first-order valence-electron chi connectivity index (χ1n) is 5.07. The Labute approximate surface area is 87.9 Å². The van der Waals surface area contributed by atoms with Gasteiger partial charge in [-0.05, 0) is 31.0 Å². The second-order valence-electron chi connectivity index (χ2n) is 3.63. The van der Waals surface area contributed by atoms with Gasteiger partial charge in [0.1, 0.15) is 5.82 Å². The highest BCUT2D eigenvalue weighted by Gasteiger charge is 2.17. The number of hydrogen-bond acceptors (Lipinski definition) is 1. The van der Waals surface area contributed by atoms with Gasteiger partial charge in [-0.2, -0.15) is 0 Å². The number of carbonyl (C=O) groups excluding carboxylic acids is 1. The Hall–Kier alpha value is -1.58. The predicted molar refractivity (Wildman–Crippen MR) is 56.2 cm³/mol. The van der Waals surface area contributed by atoms with Crippen LogP contribution in [0.5, 0.6) is 0 Å². The van der Waals surface area contributed by atoms with Crippen LogP contribution < -0.4 is 5.32 Å². The molecule has 15 heavy (non-hydrogen) atoms. The number of rotatable bonds is 1. The van der Waals surface area contributed by atoms with Gasteiger partial charge in [0.2, 0.25) is 0 Å². The van der Waals surface area contributed by atoms with E-state index in [2.05, 4.69) is 5.32 Å². The maximum absolute atomic E-state index is 12.8. The summed E-state index contributed by atoms with van der Waals surface area (Å²) in [5, 5.41) is 2.67. The predicted octanol–water partition coefficient (Wildman–Crippen LogP) is 2.45. The topological polar surface area (TPSA) is 32.3 Å². The van der Waals surface area contributed by atoms with E-state index >= 15 is 0 Å². The number of anilines is 1. The standard InChI is InChI=1S/C11H13FN2O/c12-9-4-3-5-10(8-9)13-11(15)14-6-1-2-7-14/h3-5,8H,1-2,6-7H2,(H,13,15). The normalized spacial score (nSPS) is 15.4. The van der Waals surface area contributed by atoms with Crippen LogP contribution in [0.25, 0.3) is 0 Å². The van der Waals surface area contributed by atoms with Crippen LogP contribution in [0.2, 0.25) is 0 Å². The fourth-order valence-electron chi connectivity index (χ4n) is 1.69. The molecule has 1 saturated heterocycles. The van der Waals surface area contributed by atoms with Crippen LogP contribution in [0.3, 0.4) is 0 Å². The second kappa shape index (κ2) is 4.29. The third-order valence-electron chi connectivity index (χ3n) is 2.47. The Morgan fingerprint density at radius 2 is 2.07 bits per heavy atom. The Kier molecular flexibility index (Phi) is 2.85. The Bertz CT molecular complexity index is 361. The van der Waals surface area contributed by atoms with Gasteiger partial charge in [-0.15, -0.1) is 0 Å². The lowest BCUT2D eigenvalue weighted by Gasteiger charge is -2.15. The zero-order chi connectivity index (χ0) is 10.7. The number of benzene rings is 1. The maximum Gasteiger partial charge on any atom is 0.321 e. The third kappa shape index (κ3) is 2.46. The van der Waals surface area contributed by atoms with E-state index in [1.165, 1.54) is 12.1 Å². The first-order valence-corrected chi connectivity index (χ1v) is 5.07. The second-order valence-corrected chi connectivity index (χ2v) is 3.63. The number of nitrogens with one attached hydrogen (secondary N) is 1. The summed E-state index contributed by atoms with van der Waals surface area (Å²) in [5.74, 6) is -0.339. The Morgan fingerprint density at radius 1 is 1.33 bits per heavy atom. The van der Waals surface area contributed by atoms with Gasteiger partial charge in [0, 0.05) is 18.8 Å². The highest BCUT2D eigenvalue weighted by molar-refractivity contribution is 5.89. The quantitative estimate of drug-likeness (QED) is 0.755. The van der Waals surface area contributed by atoms with Crippen LogP contribution in [0.4, 0.5) is 14.9 Å². The Morgan fingerprint density at radius 3 is 2.73 bits per heavy atom. The van der Waals surface area contributed by atoms with Crippen molar-refractivity contribution in [2.45, 2.75) is 12.8 Å². The van der Waals surface area contributed by atoms with Crippen LogP contribution >= 0.6 is 0 Å². The van der Waals surface area contributed by atoms with Crippen molar-refractivity contribution < 1.29 is 9.18 Å². The smallest absolute Gasteiger partial charge is 0.321 e. The largest absolute Gasteiger partial charge is 0.325 e. The molecule has 80 valence electrons. The van der Waals surface area contributed by atoms with Crippen LogP contribution in [0, 0.1) is 5.82 Å². The molecule has 0 saturated carbocycles. The van der Waals surface area contributed by atoms with Crippen molar-refractivity contribution in [2.75, 3.05) is 18.4 Å². The van der Waals surface area contributed by atoms with Crippen LogP contribution in [0.15, 0.2) is 24.3 Å². The molecule has 1 aromatic rings. The molecule has 2 rings (SSSR count). The fourth-order valence-corrected chi connectivity index (χ4v) is 1.69. The van der Waals surface area contributed by atoms with Gasteiger partial charge in [0.15, 0.2) is 0 Å². The highest BCUT2D eigenvalue weighted by Crippen LogP contribution is 2.13. The zero-order valence-electron chi connectivity index (χ0n) is 8.37. The lowest BCUT2D eigenvalue weighted by molar-refractivity contribution is 0.222. The van der Waals surface area contributed by atoms with E-state index in [1.54, 1.807) is 17.0 Å². The van der Waals surface area contributed by atoms with E-state index in [0.29, 0.717) is 5.69 Å². The fraction of sp³-hybridized carbons (Fsp3) is 0.364. The van der Waals surface area contributed by atoms with Crippen LogP contribution in [-0.2, 0) is 0 Å². The zero-order valence-corrected chi connectivity index (χ0v) is 8.37. The summed E-state index contributed by atoms with van der Waals surface area (Å²) in [6, 6.07) is 5.78. The first kappa shape index (κ1) is 9.96. The van der Waals surface area contributed by atoms with Crippen molar-refractivity contribution in [3.8, 4) is 0 Å². The summed E-state index contributed by atoms with van der Waals surface area (Å²) in [7, 11) is 0. The summed E-state index contributed by atoms with van der Waals surface area (Å²) >= 11 is 0. The van der Waals surface area contributed by atoms with E-state index in [-0.39, 0.29) is 11.8 Å². The molecule has 0 atom stereocenters. The minimum atomic E-state index is -0.339. The molecular formula is C11H13FN2O. The number of amides is 2. The molecule has 3 nitrogen and oxygen atoms in total. The van der Waals surface area contributed by atoms with Crippen molar-refractivity contribution in [3.63, 3.8) is 0 Å². The van der Waals surface area contributed by atoms with Gasteiger partial charge < -0.3 is 10.2 Å². The molecule has 0 radical (unpaired) electrons. The average Bonchev–Trinajstić information content (AvgIpc) is 2.70. The SMILES string of the molecule is O=C(Nc1cccc(F)c1)N1CCCC1. The number of halogens is 1. The third-order valence-corrected chi connectivity index (χ3v) is 2.47. The molecule has 1 heterocycles. The van der Waals surface area contributed by atoms with Crippen molar-refractivity contribution in [1.82, 2.24) is 4.90 Å². The van der Waals surface area contributed by atoms with E-state index < -0.39 is 0 Å². The molecule has 0 spiro atoms. The van der Waals surface area contributed by atoms with Gasteiger partial charge >= 0.3 is 6.03 Å². The molecule has 0 aliphatic carbocycles.